The van der Waals surface area contributed by atoms with E-state index in [1.807, 2.05) is 55.6 Å². The molecule has 0 saturated heterocycles. The summed E-state index contributed by atoms with van der Waals surface area (Å²) >= 11 is 0. The summed E-state index contributed by atoms with van der Waals surface area (Å²) in [6, 6.07) is 7.18. The molecule has 5 heteroatoms. The summed E-state index contributed by atoms with van der Waals surface area (Å²) in [6.45, 7) is 2.46. The summed E-state index contributed by atoms with van der Waals surface area (Å²) in [7, 11) is 3.47. The average Bonchev–Trinajstić information content (AvgIpc) is 3.11. The molecular weight excluding hydrogens is 314 g/mol. The number of carbonyl (C=O) groups excluding carboxylic acids is 2. The van der Waals surface area contributed by atoms with Crippen LogP contribution < -0.4 is 4.99 Å². The van der Waals surface area contributed by atoms with Gasteiger partial charge in [0.1, 0.15) is 0 Å². The van der Waals surface area contributed by atoms with Gasteiger partial charge in [0.05, 0.1) is 0 Å². The maximum atomic E-state index is 12.6. The first-order valence-corrected chi connectivity index (χ1v) is 8.28. The first-order valence-electron chi connectivity index (χ1n) is 8.28. The number of fused-ring (bicyclic) bond motifs is 1. The quantitative estimate of drug-likeness (QED) is 0.819. The molecule has 1 aromatic carbocycles. The van der Waals surface area contributed by atoms with Crippen molar-refractivity contribution in [3.63, 3.8) is 0 Å². The number of allylic oxidation sites excluding steroid dienone is 2. The van der Waals surface area contributed by atoms with Crippen molar-refractivity contribution in [3.8, 4) is 0 Å². The van der Waals surface area contributed by atoms with Gasteiger partial charge < -0.3 is 9.80 Å². The fourth-order valence-corrected chi connectivity index (χ4v) is 3.01. The molecule has 0 fully saturated rings. The summed E-state index contributed by atoms with van der Waals surface area (Å²) < 4.78 is 0. The largest absolute Gasteiger partial charge is 0.345 e. The lowest BCUT2D eigenvalue weighted by molar-refractivity contribution is -0.467. The number of nitrogens with zero attached hydrogens (tertiary/aromatic N) is 2. The average molecular weight is 336 g/mol. The minimum absolute atomic E-state index is 0.0300. The van der Waals surface area contributed by atoms with Gasteiger partial charge in [0, 0.05) is 49.6 Å². The van der Waals surface area contributed by atoms with Crippen LogP contribution in [0.3, 0.4) is 0 Å². The Morgan fingerprint density at radius 2 is 2.16 bits per heavy atom. The molecular formula is C20H22N3O2+. The predicted octanol–water partition coefficient (Wildman–Crippen LogP) is 0.608. The van der Waals surface area contributed by atoms with Gasteiger partial charge in [0.15, 0.2) is 6.21 Å². The van der Waals surface area contributed by atoms with Gasteiger partial charge in [0.2, 0.25) is 0 Å². The molecule has 0 aliphatic carbocycles. The second-order valence-corrected chi connectivity index (χ2v) is 6.27. The molecule has 0 radical (unpaired) electrons. The molecule has 128 valence electrons. The van der Waals surface area contributed by atoms with Crippen molar-refractivity contribution in [2.45, 2.75) is 13.0 Å². The minimum atomic E-state index is -0.363. The van der Waals surface area contributed by atoms with Crippen molar-refractivity contribution in [1.29, 1.82) is 0 Å². The Hall–Kier alpha value is -2.95. The molecule has 1 N–H and O–H groups in total. The van der Waals surface area contributed by atoms with Gasteiger partial charge in [-0.25, -0.2) is 4.99 Å². The predicted molar refractivity (Wildman–Crippen MR) is 97.9 cm³/mol. The molecule has 0 saturated carbocycles. The Morgan fingerprint density at radius 3 is 2.88 bits per heavy atom. The molecule has 2 aliphatic heterocycles. The maximum absolute atomic E-state index is 12.6. The van der Waals surface area contributed by atoms with Crippen molar-refractivity contribution < 1.29 is 14.6 Å². The second kappa shape index (κ2) is 6.89. The van der Waals surface area contributed by atoms with Crippen LogP contribution in [0.25, 0.3) is 5.57 Å². The number of carbonyl (C=O) groups is 2. The summed E-state index contributed by atoms with van der Waals surface area (Å²) in [5.41, 5.74) is 3.46. The highest BCUT2D eigenvalue weighted by Gasteiger charge is 2.39. The maximum Gasteiger partial charge on any atom is 0.300 e. The third kappa shape index (κ3) is 3.18. The zero-order valence-electron chi connectivity index (χ0n) is 14.7. The number of hydrogen-bond donors (Lipinski definition) is 1. The third-order valence-electron chi connectivity index (χ3n) is 4.33. The normalized spacial score (nSPS) is 19.1. The topological polar surface area (TPSA) is 54.6 Å². The lowest BCUT2D eigenvalue weighted by Gasteiger charge is -2.26. The summed E-state index contributed by atoms with van der Waals surface area (Å²) in [5.74, 6) is -0.0101. The number of nitrogens with one attached hydrogen (secondary N) is 1. The smallest absolute Gasteiger partial charge is 0.300 e. The van der Waals surface area contributed by atoms with E-state index in [2.05, 4.69) is 4.99 Å². The molecule has 2 amide bonds. The van der Waals surface area contributed by atoms with E-state index in [-0.39, 0.29) is 17.9 Å². The molecule has 5 nitrogen and oxygen atoms in total. The van der Waals surface area contributed by atoms with Crippen molar-refractivity contribution in [2.24, 2.45) is 0 Å². The fourth-order valence-electron chi connectivity index (χ4n) is 3.01. The van der Waals surface area contributed by atoms with Gasteiger partial charge in [-0.1, -0.05) is 24.3 Å². The third-order valence-corrected chi connectivity index (χ3v) is 4.33. The SMILES string of the molecule is CC=CCN1C=C(c2cccc(C(=O)N(C)C)c2)C2=CC=[NH+]C2C1=O. The van der Waals surface area contributed by atoms with Gasteiger partial charge in [-0.15, -0.1) is 0 Å². The van der Waals surface area contributed by atoms with Crippen molar-refractivity contribution in [2.75, 3.05) is 20.6 Å². The Bertz CT molecular complexity index is 831. The van der Waals surface area contributed by atoms with Gasteiger partial charge in [-0.05, 0) is 24.6 Å². The Balaban J connectivity index is 2.03. The molecule has 0 bridgehead atoms. The van der Waals surface area contributed by atoms with E-state index in [1.54, 1.807) is 30.1 Å². The Morgan fingerprint density at radius 1 is 1.36 bits per heavy atom. The van der Waals surface area contributed by atoms with E-state index in [4.69, 9.17) is 0 Å². The van der Waals surface area contributed by atoms with E-state index in [0.717, 1.165) is 16.7 Å². The monoisotopic (exact) mass is 336 g/mol. The highest BCUT2D eigenvalue weighted by Crippen LogP contribution is 2.31. The van der Waals surface area contributed by atoms with Crippen molar-refractivity contribution >= 4 is 23.6 Å². The van der Waals surface area contributed by atoms with Crippen LogP contribution >= 0.6 is 0 Å². The first kappa shape index (κ1) is 16.9. The molecule has 1 unspecified atom stereocenters. The van der Waals surface area contributed by atoms with Crippen molar-refractivity contribution in [1.82, 2.24) is 9.80 Å². The zero-order chi connectivity index (χ0) is 18.0. The van der Waals surface area contributed by atoms with Crippen LogP contribution in [-0.4, -0.2) is 54.5 Å². The Kier molecular flexibility index (Phi) is 4.65. The molecule has 3 rings (SSSR count). The van der Waals surface area contributed by atoms with E-state index in [9.17, 15) is 9.59 Å². The van der Waals surface area contributed by atoms with E-state index in [1.165, 1.54) is 0 Å². The van der Waals surface area contributed by atoms with E-state index in [0.29, 0.717) is 12.1 Å². The molecule has 0 spiro atoms. The highest BCUT2D eigenvalue weighted by molar-refractivity contribution is 6.02. The summed E-state index contributed by atoms with van der Waals surface area (Å²) in [4.78, 5) is 31.3. The van der Waals surface area contributed by atoms with E-state index < -0.39 is 0 Å². The van der Waals surface area contributed by atoms with Crippen LogP contribution in [0, 0.1) is 0 Å². The first-order chi connectivity index (χ1) is 12.0. The molecule has 25 heavy (non-hydrogen) atoms. The van der Waals surface area contributed by atoms with Gasteiger partial charge in [-0.2, -0.15) is 0 Å². The van der Waals surface area contributed by atoms with Crippen LogP contribution in [-0.2, 0) is 4.79 Å². The number of benzene rings is 1. The van der Waals surface area contributed by atoms with Crippen LogP contribution in [0.1, 0.15) is 22.8 Å². The molecule has 0 aromatic heterocycles. The molecule has 2 aliphatic rings. The lowest BCUT2D eigenvalue weighted by Crippen LogP contribution is -2.79. The van der Waals surface area contributed by atoms with Crippen LogP contribution in [0.15, 0.2) is 54.3 Å². The minimum Gasteiger partial charge on any atom is -0.345 e. The Labute approximate surface area is 147 Å². The lowest BCUT2D eigenvalue weighted by atomic mass is 9.90. The van der Waals surface area contributed by atoms with Crippen LogP contribution in [0.2, 0.25) is 0 Å². The van der Waals surface area contributed by atoms with Gasteiger partial charge in [0.25, 0.3) is 17.9 Å². The van der Waals surface area contributed by atoms with Crippen molar-refractivity contribution in [3.05, 3.63) is 65.4 Å². The number of hydrogen-bond acceptors (Lipinski definition) is 2. The second-order valence-electron chi connectivity index (χ2n) is 6.27. The van der Waals surface area contributed by atoms with E-state index >= 15 is 0 Å². The van der Waals surface area contributed by atoms with Crippen LogP contribution in [0.5, 0.6) is 0 Å². The molecule has 1 aromatic rings. The van der Waals surface area contributed by atoms with Crippen LogP contribution in [0.4, 0.5) is 0 Å². The number of amides is 2. The van der Waals surface area contributed by atoms with Gasteiger partial charge >= 0.3 is 0 Å². The summed E-state index contributed by atoms with van der Waals surface area (Å²) in [5, 5.41) is 0. The highest BCUT2D eigenvalue weighted by atomic mass is 16.2. The fraction of sp³-hybridized carbons (Fsp3) is 0.250. The standard InChI is InChI=1S/C20H21N3O2/c1-4-5-11-23-13-17(16-9-10-21-18(16)20(23)25)14-7-6-8-15(12-14)19(24)22(2)3/h4-10,12-13,18H,11H2,1-3H3/p+1. The summed E-state index contributed by atoms with van der Waals surface area (Å²) in [6.07, 6.45) is 9.49. The molecule has 1 atom stereocenters. The van der Waals surface area contributed by atoms with Gasteiger partial charge in [-0.3, -0.25) is 9.59 Å². The number of rotatable bonds is 4. The zero-order valence-corrected chi connectivity index (χ0v) is 14.7. The molecule has 2 heterocycles.